The predicted molar refractivity (Wildman–Crippen MR) is 54.6 cm³/mol. The molecule has 2 unspecified atom stereocenters. The maximum atomic E-state index is 8.63. The van der Waals surface area contributed by atoms with Crippen LogP contribution >= 0.6 is 11.8 Å². The van der Waals surface area contributed by atoms with Gasteiger partial charge in [-0.3, -0.25) is 0 Å². The summed E-state index contributed by atoms with van der Waals surface area (Å²) >= 11 is 2.02. The van der Waals surface area contributed by atoms with Crippen molar-refractivity contribution in [2.75, 3.05) is 19.4 Å². The van der Waals surface area contributed by atoms with E-state index in [9.17, 15) is 0 Å². The maximum absolute atomic E-state index is 8.63. The summed E-state index contributed by atoms with van der Waals surface area (Å²) in [6, 6.07) is 0.716. The molecular formula is C9H19NOS. The molecule has 12 heavy (non-hydrogen) atoms. The van der Waals surface area contributed by atoms with E-state index in [0.29, 0.717) is 12.6 Å². The van der Waals surface area contributed by atoms with Gasteiger partial charge in [-0.25, -0.2) is 0 Å². The van der Waals surface area contributed by atoms with Crippen LogP contribution in [0.4, 0.5) is 0 Å². The fourth-order valence-corrected chi connectivity index (χ4v) is 3.19. The molecule has 1 aliphatic carbocycles. The molecule has 0 aromatic heterocycles. The smallest absolute Gasteiger partial charge is 0.0438 e. The van der Waals surface area contributed by atoms with Crippen molar-refractivity contribution < 1.29 is 5.11 Å². The van der Waals surface area contributed by atoms with Gasteiger partial charge in [0.25, 0.3) is 0 Å². The summed E-state index contributed by atoms with van der Waals surface area (Å²) in [6.45, 7) is 0.337. The van der Waals surface area contributed by atoms with Crippen molar-refractivity contribution in [3.05, 3.63) is 0 Å². The third-order valence-electron chi connectivity index (χ3n) is 2.46. The Morgan fingerprint density at radius 1 is 1.50 bits per heavy atom. The van der Waals surface area contributed by atoms with Gasteiger partial charge in [-0.1, -0.05) is 6.42 Å². The Morgan fingerprint density at radius 3 is 3.00 bits per heavy atom. The van der Waals surface area contributed by atoms with E-state index in [1.165, 1.54) is 19.3 Å². The average Bonchev–Trinajstić information content (AvgIpc) is 2.52. The molecule has 3 heteroatoms. The van der Waals surface area contributed by atoms with Crippen molar-refractivity contribution in [2.45, 2.75) is 37.0 Å². The molecular weight excluding hydrogens is 170 g/mol. The van der Waals surface area contributed by atoms with Gasteiger partial charge in [0.2, 0.25) is 0 Å². The number of rotatable bonds is 5. The van der Waals surface area contributed by atoms with Crippen LogP contribution in [0.3, 0.4) is 0 Å². The van der Waals surface area contributed by atoms with Crippen LogP contribution in [0, 0.1) is 0 Å². The standard InChI is InChI=1S/C9H19NOS/c1-10-8-4-2-5-9(8)12-7-3-6-11/h8-11H,2-7H2,1H3. The van der Waals surface area contributed by atoms with Gasteiger partial charge in [0.1, 0.15) is 0 Å². The van der Waals surface area contributed by atoms with E-state index < -0.39 is 0 Å². The van der Waals surface area contributed by atoms with Gasteiger partial charge < -0.3 is 10.4 Å². The summed E-state index contributed by atoms with van der Waals surface area (Å²) < 4.78 is 0. The molecule has 2 nitrogen and oxygen atoms in total. The Labute approximate surface area is 79.1 Å². The number of aliphatic hydroxyl groups is 1. The van der Waals surface area contributed by atoms with E-state index in [2.05, 4.69) is 12.4 Å². The molecule has 0 spiro atoms. The Balaban J connectivity index is 2.12. The fraction of sp³-hybridized carbons (Fsp3) is 1.00. The van der Waals surface area contributed by atoms with E-state index in [0.717, 1.165) is 17.4 Å². The van der Waals surface area contributed by atoms with Crippen LogP contribution in [0.15, 0.2) is 0 Å². The summed E-state index contributed by atoms with van der Waals surface area (Å²) in [5, 5.41) is 12.8. The highest BCUT2D eigenvalue weighted by atomic mass is 32.2. The Morgan fingerprint density at radius 2 is 2.33 bits per heavy atom. The molecule has 0 heterocycles. The summed E-state index contributed by atoms with van der Waals surface area (Å²) in [5.74, 6) is 1.11. The molecule has 0 aromatic rings. The quantitative estimate of drug-likeness (QED) is 0.638. The van der Waals surface area contributed by atoms with Crippen molar-refractivity contribution in [1.82, 2.24) is 5.32 Å². The van der Waals surface area contributed by atoms with Crippen molar-refractivity contribution >= 4 is 11.8 Å². The third kappa shape index (κ3) is 2.96. The first-order valence-electron chi connectivity index (χ1n) is 4.78. The Bertz CT molecular complexity index is 121. The van der Waals surface area contributed by atoms with Crippen LogP contribution in [-0.4, -0.2) is 35.8 Å². The molecule has 1 saturated carbocycles. The van der Waals surface area contributed by atoms with Crippen molar-refractivity contribution in [3.8, 4) is 0 Å². The van der Waals surface area contributed by atoms with Crippen LogP contribution in [0.5, 0.6) is 0 Å². The topological polar surface area (TPSA) is 32.3 Å². The molecule has 2 N–H and O–H groups in total. The van der Waals surface area contributed by atoms with E-state index in [4.69, 9.17) is 5.11 Å². The van der Waals surface area contributed by atoms with E-state index in [1.54, 1.807) is 0 Å². The zero-order valence-corrected chi connectivity index (χ0v) is 8.57. The summed E-state index contributed by atoms with van der Waals surface area (Å²) in [4.78, 5) is 0. The molecule has 72 valence electrons. The first-order valence-corrected chi connectivity index (χ1v) is 5.83. The highest BCUT2D eigenvalue weighted by molar-refractivity contribution is 7.99. The number of hydrogen-bond acceptors (Lipinski definition) is 3. The van der Waals surface area contributed by atoms with Gasteiger partial charge in [-0.15, -0.1) is 0 Å². The van der Waals surface area contributed by atoms with Gasteiger partial charge in [0.15, 0.2) is 0 Å². The molecule has 0 amide bonds. The van der Waals surface area contributed by atoms with Crippen molar-refractivity contribution in [1.29, 1.82) is 0 Å². The largest absolute Gasteiger partial charge is 0.396 e. The van der Waals surface area contributed by atoms with Crippen LogP contribution in [0.25, 0.3) is 0 Å². The lowest BCUT2D eigenvalue weighted by atomic mass is 10.2. The minimum Gasteiger partial charge on any atom is -0.396 e. The SMILES string of the molecule is CNC1CCCC1SCCCO. The maximum Gasteiger partial charge on any atom is 0.0438 e. The first-order chi connectivity index (χ1) is 5.88. The van der Waals surface area contributed by atoms with Gasteiger partial charge in [-0.05, 0) is 32.1 Å². The van der Waals surface area contributed by atoms with Crippen LogP contribution in [0.2, 0.25) is 0 Å². The second kappa shape index (κ2) is 5.84. The Hall–Kier alpha value is 0.270. The Kier molecular flexibility index (Phi) is 5.04. The molecule has 2 atom stereocenters. The fourth-order valence-electron chi connectivity index (χ4n) is 1.76. The van der Waals surface area contributed by atoms with Crippen LogP contribution in [0.1, 0.15) is 25.7 Å². The lowest BCUT2D eigenvalue weighted by Crippen LogP contribution is -2.30. The summed E-state index contributed by atoms with van der Waals surface area (Å²) in [7, 11) is 2.05. The zero-order chi connectivity index (χ0) is 8.81. The summed E-state index contributed by atoms with van der Waals surface area (Å²) in [5.41, 5.74) is 0. The molecule has 0 saturated heterocycles. The molecule has 1 fully saturated rings. The van der Waals surface area contributed by atoms with Crippen molar-refractivity contribution in [3.63, 3.8) is 0 Å². The number of hydrogen-bond donors (Lipinski definition) is 2. The van der Waals surface area contributed by atoms with Crippen LogP contribution in [-0.2, 0) is 0 Å². The second-order valence-electron chi connectivity index (χ2n) is 3.31. The molecule has 0 bridgehead atoms. The molecule has 0 aliphatic heterocycles. The molecule has 1 aliphatic rings. The van der Waals surface area contributed by atoms with E-state index in [-0.39, 0.29) is 0 Å². The highest BCUT2D eigenvalue weighted by Crippen LogP contribution is 2.29. The second-order valence-corrected chi connectivity index (χ2v) is 4.66. The predicted octanol–water partition coefficient (Wildman–Crippen LogP) is 1.24. The number of aliphatic hydroxyl groups excluding tert-OH is 1. The number of thioether (sulfide) groups is 1. The zero-order valence-electron chi connectivity index (χ0n) is 7.75. The minimum absolute atomic E-state index is 0.337. The van der Waals surface area contributed by atoms with Gasteiger partial charge in [-0.2, -0.15) is 11.8 Å². The molecule has 0 radical (unpaired) electrons. The van der Waals surface area contributed by atoms with Gasteiger partial charge in [0.05, 0.1) is 0 Å². The number of nitrogens with one attached hydrogen (secondary N) is 1. The monoisotopic (exact) mass is 189 g/mol. The molecule has 1 rings (SSSR count). The van der Waals surface area contributed by atoms with E-state index >= 15 is 0 Å². The lowest BCUT2D eigenvalue weighted by molar-refractivity contribution is 0.296. The van der Waals surface area contributed by atoms with Gasteiger partial charge >= 0.3 is 0 Å². The van der Waals surface area contributed by atoms with E-state index in [1.807, 2.05) is 11.8 Å². The third-order valence-corrected chi connectivity index (χ3v) is 3.97. The normalized spacial score (nSPS) is 29.5. The van der Waals surface area contributed by atoms with Crippen LogP contribution < -0.4 is 5.32 Å². The molecule has 0 aromatic carbocycles. The first kappa shape index (κ1) is 10.4. The van der Waals surface area contributed by atoms with Crippen molar-refractivity contribution in [2.24, 2.45) is 0 Å². The summed E-state index contributed by atoms with van der Waals surface area (Å²) in [6.07, 6.45) is 4.98. The average molecular weight is 189 g/mol. The lowest BCUT2D eigenvalue weighted by Gasteiger charge is -2.17. The minimum atomic E-state index is 0.337. The highest BCUT2D eigenvalue weighted by Gasteiger charge is 2.25. The van der Waals surface area contributed by atoms with Gasteiger partial charge in [0, 0.05) is 17.9 Å².